The van der Waals surface area contributed by atoms with Gasteiger partial charge in [-0.1, -0.05) is 48.2 Å². The lowest BCUT2D eigenvalue weighted by Gasteiger charge is -2.25. The molecule has 6 nitrogen and oxygen atoms in total. The molecule has 3 heterocycles. The summed E-state index contributed by atoms with van der Waals surface area (Å²) in [5.74, 6) is 2.10. The zero-order valence-electron chi connectivity index (χ0n) is 18.9. The quantitative estimate of drug-likeness (QED) is 0.525. The van der Waals surface area contributed by atoms with E-state index in [0.29, 0.717) is 19.0 Å². The first-order chi connectivity index (χ1) is 16.2. The second-order valence-electron chi connectivity index (χ2n) is 8.57. The summed E-state index contributed by atoms with van der Waals surface area (Å²) in [5, 5.41) is 0.804. The minimum atomic E-state index is 0.0854. The van der Waals surface area contributed by atoms with Gasteiger partial charge in [-0.15, -0.1) is 0 Å². The van der Waals surface area contributed by atoms with E-state index in [2.05, 4.69) is 29.2 Å². The average molecular weight is 464 g/mol. The van der Waals surface area contributed by atoms with Gasteiger partial charge in [-0.3, -0.25) is 4.79 Å². The minimum absolute atomic E-state index is 0.0854. The number of H-pyrrole nitrogens is 1. The molecule has 0 saturated carbocycles. The van der Waals surface area contributed by atoms with Crippen molar-refractivity contribution in [1.82, 2.24) is 14.9 Å². The van der Waals surface area contributed by atoms with Crippen molar-refractivity contribution in [2.24, 2.45) is 0 Å². The molecular formula is C26H29N3O3S. The zero-order valence-corrected chi connectivity index (χ0v) is 19.7. The highest BCUT2D eigenvalue weighted by molar-refractivity contribution is 7.99. The molecule has 2 aromatic carbocycles. The summed E-state index contributed by atoms with van der Waals surface area (Å²) in [4.78, 5) is 23.2. The van der Waals surface area contributed by atoms with Crippen LogP contribution in [0, 0.1) is 6.92 Å². The van der Waals surface area contributed by atoms with Gasteiger partial charge in [0.1, 0.15) is 0 Å². The number of nitrogens with one attached hydrogen (secondary N) is 1. The standard InChI is InChI=1S/C26H29N3O3S/c1-18-21(15-19-7-3-2-4-8-19)28-26(27-18)33-17-25(30)29-12-5-9-22(29)20-10-11-23-24(16-20)32-14-6-13-31-23/h2-4,7-8,10-11,16,22H,5-6,9,12-15,17H2,1H3,(H,27,28). The van der Waals surface area contributed by atoms with E-state index in [4.69, 9.17) is 14.5 Å². The van der Waals surface area contributed by atoms with Crippen LogP contribution in [0.4, 0.5) is 0 Å². The van der Waals surface area contributed by atoms with Crippen LogP contribution in [0.5, 0.6) is 11.5 Å². The summed E-state index contributed by atoms with van der Waals surface area (Å²) in [7, 11) is 0. The molecular weight excluding hydrogens is 434 g/mol. The molecule has 3 aromatic rings. The van der Waals surface area contributed by atoms with E-state index < -0.39 is 0 Å². The maximum atomic E-state index is 13.1. The van der Waals surface area contributed by atoms with E-state index in [1.165, 1.54) is 17.3 Å². The van der Waals surface area contributed by atoms with Gasteiger partial charge in [0.15, 0.2) is 16.7 Å². The number of carbonyl (C=O) groups excluding carboxylic acids is 1. The van der Waals surface area contributed by atoms with Crippen molar-refractivity contribution >= 4 is 17.7 Å². The summed E-state index contributed by atoms with van der Waals surface area (Å²) < 4.78 is 11.6. The first kappa shape index (κ1) is 21.9. The van der Waals surface area contributed by atoms with Gasteiger partial charge in [-0.2, -0.15) is 0 Å². The summed E-state index contributed by atoms with van der Waals surface area (Å²) in [6.45, 7) is 4.17. The Hall–Kier alpha value is -2.93. The number of amides is 1. The number of fused-ring (bicyclic) bond motifs is 1. The van der Waals surface area contributed by atoms with Gasteiger partial charge in [-0.05, 0) is 43.0 Å². The first-order valence-corrected chi connectivity index (χ1v) is 12.6. The third-order valence-electron chi connectivity index (χ3n) is 6.24. The Morgan fingerprint density at radius 1 is 1.12 bits per heavy atom. The number of carbonyl (C=O) groups is 1. The van der Waals surface area contributed by atoms with Crippen LogP contribution >= 0.6 is 11.8 Å². The van der Waals surface area contributed by atoms with Crippen molar-refractivity contribution in [1.29, 1.82) is 0 Å². The predicted molar refractivity (Wildman–Crippen MR) is 129 cm³/mol. The molecule has 1 unspecified atom stereocenters. The van der Waals surface area contributed by atoms with Gasteiger partial charge in [0.2, 0.25) is 5.91 Å². The molecule has 1 atom stereocenters. The average Bonchev–Trinajstić information content (AvgIpc) is 3.38. The SMILES string of the molecule is Cc1[nH]c(SCC(=O)N2CCCC2c2ccc3c(c2)OCCCO3)nc1Cc1ccccc1. The second kappa shape index (κ2) is 9.91. The highest BCUT2D eigenvalue weighted by Gasteiger charge is 2.31. The molecule has 1 aromatic heterocycles. The summed E-state index contributed by atoms with van der Waals surface area (Å²) in [5.41, 5.74) is 4.44. The van der Waals surface area contributed by atoms with Gasteiger partial charge in [-0.25, -0.2) is 4.98 Å². The van der Waals surface area contributed by atoms with Crippen molar-refractivity contribution in [3.05, 3.63) is 71.0 Å². The molecule has 0 radical (unpaired) electrons. The Bertz CT molecular complexity index is 1120. The molecule has 2 aliphatic rings. The van der Waals surface area contributed by atoms with E-state index in [9.17, 15) is 4.79 Å². The Morgan fingerprint density at radius 3 is 2.79 bits per heavy atom. The number of ether oxygens (including phenoxy) is 2. The zero-order chi connectivity index (χ0) is 22.6. The van der Waals surface area contributed by atoms with Crippen LogP contribution in [0.25, 0.3) is 0 Å². The highest BCUT2D eigenvalue weighted by atomic mass is 32.2. The van der Waals surface area contributed by atoms with Crippen molar-refractivity contribution in [2.45, 2.75) is 43.8 Å². The number of hydrogen-bond acceptors (Lipinski definition) is 5. The number of rotatable bonds is 6. The lowest BCUT2D eigenvalue weighted by atomic mass is 10.0. The fraction of sp³-hybridized carbons (Fsp3) is 0.385. The third-order valence-corrected chi connectivity index (χ3v) is 7.10. The monoisotopic (exact) mass is 463 g/mol. The van der Waals surface area contributed by atoms with Gasteiger partial charge in [0.05, 0.1) is 30.7 Å². The molecule has 5 rings (SSSR count). The topological polar surface area (TPSA) is 67.5 Å². The van der Waals surface area contributed by atoms with Gasteiger partial charge in [0, 0.05) is 25.1 Å². The molecule has 1 N–H and O–H groups in total. The maximum Gasteiger partial charge on any atom is 0.233 e. The molecule has 0 aliphatic carbocycles. The molecule has 7 heteroatoms. The van der Waals surface area contributed by atoms with Crippen LogP contribution in [0.1, 0.15) is 47.8 Å². The maximum absolute atomic E-state index is 13.1. The third kappa shape index (κ3) is 5.03. The van der Waals surface area contributed by atoms with Gasteiger partial charge < -0.3 is 19.4 Å². The van der Waals surface area contributed by atoms with Crippen LogP contribution in [0.15, 0.2) is 53.7 Å². The Kier molecular flexibility index (Phi) is 6.58. The van der Waals surface area contributed by atoms with Crippen LogP contribution in [0.3, 0.4) is 0 Å². The lowest BCUT2D eigenvalue weighted by molar-refractivity contribution is -0.129. The van der Waals surface area contributed by atoms with E-state index >= 15 is 0 Å². The van der Waals surface area contributed by atoms with E-state index in [1.54, 1.807) is 0 Å². The Labute approximate surface area is 198 Å². The molecule has 1 amide bonds. The number of benzene rings is 2. The molecule has 33 heavy (non-hydrogen) atoms. The fourth-order valence-electron chi connectivity index (χ4n) is 4.51. The van der Waals surface area contributed by atoms with Crippen LogP contribution in [-0.2, 0) is 11.2 Å². The molecule has 1 fully saturated rings. The van der Waals surface area contributed by atoms with Crippen LogP contribution in [0.2, 0.25) is 0 Å². The normalized spacial score (nSPS) is 17.7. The number of likely N-dealkylation sites (tertiary alicyclic amines) is 1. The van der Waals surface area contributed by atoms with E-state index in [-0.39, 0.29) is 11.9 Å². The number of aromatic nitrogens is 2. The molecule has 2 aliphatic heterocycles. The number of aryl methyl sites for hydroxylation is 1. The molecule has 0 bridgehead atoms. The Morgan fingerprint density at radius 2 is 1.94 bits per heavy atom. The molecule has 0 spiro atoms. The highest BCUT2D eigenvalue weighted by Crippen LogP contribution is 2.38. The first-order valence-electron chi connectivity index (χ1n) is 11.6. The summed E-state index contributed by atoms with van der Waals surface area (Å²) in [6.07, 6.45) is 3.65. The van der Waals surface area contributed by atoms with Gasteiger partial charge >= 0.3 is 0 Å². The van der Waals surface area contributed by atoms with Crippen LogP contribution in [-0.4, -0.2) is 46.3 Å². The van der Waals surface area contributed by atoms with Crippen molar-refractivity contribution in [2.75, 3.05) is 25.5 Å². The summed E-state index contributed by atoms with van der Waals surface area (Å²) in [6, 6.07) is 16.5. The van der Waals surface area contributed by atoms with Crippen molar-refractivity contribution < 1.29 is 14.3 Å². The second-order valence-corrected chi connectivity index (χ2v) is 9.53. The summed E-state index contributed by atoms with van der Waals surface area (Å²) >= 11 is 1.48. The van der Waals surface area contributed by atoms with Crippen molar-refractivity contribution in [3.8, 4) is 11.5 Å². The number of aromatic amines is 1. The smallest absolute Gasteiger partial charge is 0.233 e. The number of imidazole rings is 1. The number of hydrogen-bond donors (Lipinski definition) is 1. The minimum Gasteiger partial charge on any atom is -0.490 e. The predicted octanol–water partition coefficient (Wildman–Crippen LogP) is 4.93. The number of thioether (sulfide) groups is 1. The number of nitrogens with zero attached hydrogens (tertiary/aromatic N) is 2. The molecule has 172 valence electrons. The Balaban J connectivity index is 1.23. The van der Waals surface area contributed by atoms with Crippen molar-refractivity contribution in [3.63, 3.8) is 0 Å². The van der Waals surface area contributed by atoms with Crippen LogP contribution < -0.4 is 9.47 Å². The lowest BCUT2D eigenvalue weighted by Crippen LogP contribution is -2.32. The molecule has 1 saturated heterocycles. The van der Waals surface area contributed by atoms with E-state index in [1.807, 2.05) is 36.1 Å². The fourth-order valence-corrected chi connectivity index (χ4v) is 5.33. The largest absolute Gasteiger partial charge is 0.490 e. The van der Waals surface area contributed by atoms with Gasteiger partial charge in [0.25, 0.3) is 0 Å². The van der Waals surface area contributed by atoms with E-state index in [0.717, 1.165) is 65.8 Å².